The lowest BCUT2D eigenvalue weighted by atomic mass is 10.0. The fourth-order valence-electron chi connectivity index (χ4n) is 1.79. The average Bonchev–Trinajstić information content (AvgIpc) is 2.32. The van der Waals surface area contributed by atoms with Gasteiger partial charge in [0.15, 0.2) is 0 Å². The Hall–Kier alpha value is -1.14. The molecule has 0 aliphatic heterocycles. The zero-order chi connectivity index (χ0) is 14.8. The Labute approximate surface area is 114 Å². The Morgan fingerprint density at radius 3 is 2.37 bits per heavy atom. The first-order valence-electron chi connectivity index (χ1n) is 6.27. The third kappa shape index (κ3) is 3.67. The summed E-state index contributed by atoms with van der Waals surface area (Å²) >= 11 is 0. The third-order valence-corrected chi connectivity index (χ3v) is 4.69. The molecule has 3 N–H and O–H groups in total. The van der Waals surface area contributed by atoms with Gasteiger partial charge in [0.2, 0.25) is 10.0 Å². The van der Waals surface area contributed by atoms with Gasteiger partial charge in [-0.25, -0.2) is 17.5 Å². The molecular formula is C13H21FN2O2S. The molecule has 6 heteroatoms. The van der Waals surface area contributed by atoms with Gasteiger partial charge in [0, 0.05) is 17.3 Å². The Morgan fingerprint density at radius 2 is 1.95 bits per heavy atom. The molecule has 0 radical (unpaired) electrons. The molecule has 0 bridgehead atoms. The van der Waals surface area contributed by atoms with E-state index in [-0.39, 0.29) is 28.1 Å². The van der Waals surface area contributed by atoms with E-state index in [0.717, 1.165) is 6.07 Å². The number of benzene rings is 1. The summed E-state index contributed by atoms with van der Waals surface area (Å²) in [6, 6.07) is 2.10. The van der Waals surface area contributed by atoms with E-state index in [9.17, 15) is 12.8 Å². The molecular weight excluding hydrogens is 267 g/mol. The number of rotatable bonds is 5. The van der Waals surface area contributed by atoms with E-state index in [2.05, 4.69) is 4.72 Å². The molecule has 0 fully saturated rings. The van der Waals surface area contributed by atoms with Crippen LogP contribution >= 0.6 is 0 Å². The number of hydrogen-bond donors (Lipinski definition) is 2. The van der Waals surface area contributed by atoms with Crippen LogP contribution in [0.3, 0.4) is 0 Å². The Kier molecular flexibility index (Phi) is 4.92. The average molecular weight is 288 g/mol. The fourth-order valence-corrected chi connectivity index (χ4v) is 3.30. The fraction of sp³-hybridized carbons (Fsp3) is 0.538. The summed E-state index contributed by atoms with van der Waals surface area (Å²) in [5.74, 6) is -0.453. The van der Waals surface area contributed by atoms with Crippen molar-refractivity contribution in [1.29, 1.82) is 0 Å². The molecule has 1 rings (SSSR count). The van der Waals surface area contributed by atoms with Gasteiger partial charge in [0.1, 0.15) is 5.82 Å². The van der Waals surface area contributed by atoms with Crippen molar-refractivity contribution in [3.05, 3.63) is 23.5 Å². The Bertz CT molecular complexity index is 533. The molecule has 0 saturated heterocycles. The summed E-state index contributed by atoms with van der Waals surface area (Å²) < 4.78 is 40.5. The van der Waals surface area contributed by atoms with Crippen molar-refractivity contribution < 1.29 is 12.8 Å². The molecule has 0 aromatic heterocycles. The van der Waals surface area contributed by atoms with Gasteiger partial charge < -0.3 is 5.73 Å². The van der Waals surface area contributed by atoms with E-state index < -0.39 is 15.8 Å². The highest BCUT2D eigenvalue weighted by molar-refractivity contribution is 7.89. The summed E-state index contributed by atoms with van der Waals surface area (Å²) in [7, 11) is -3.75. The predicted octanol–water partition coefficient (Wildman–Crippen LogP) is 2.43. The molecule has 1 aromatic carbocycles. The predicted molar refractivity (Wildman–Crippen MR) is 74.8 cm³/mol. The molecule has 0 saturated carbocycles. The van der Waals surface area contributed by atoms with Gasteiger partial charge in [0.25, 0.3) is 0 Å². The maximum Gasteiger partial charge on any atom is 0.241 e. The van der Waals surface area contributed by atoms with E-state index in [1.807, 2.05) is 20.8 Å². The maximum atomic E-state index is 13.6. The number of nitrogens with two attached hydrogens (primary N) is 1. The molecule has 0 spiro atoms. The topological polar surface area (TPSA) is 72.2 Å². The van der Waals surface area contributed by atoms with Crippen molar-refractivity contribution in [2.24, 2.45) is 5.92 Å². The number of halogens is 1. The van der Waals surface area contributed by atoms with Gasteiger partial charge in [-0.2, -0.15) is 0 Å². The number of nitrogens with one attached hydrogen (secondary N) is 1. The highest BCUT2D eigenvalue weighted by Gasteiger charge is 2.22. The molecule has 19 heavy (non-hydrogen) atoms. The lowest BCUT2D eigenvalue weighted by molar-refractivity contribution is 0.437. The molecule has 0 aliphatic rings. The van der Waals surface area contributed by atoms with Gasteiger partial charge in [-0.15, -0.1) is 0 Å². The van der Waals surface area contributed by atoms with Crippen LogP contribution in [0.1, 0.15) is 32.8 Å². The van der Waals surface area contributed by atoms with Gasteiger partial charge in [0.05, 0.1) is 4.90 Å². The Balaban J connectivity index is 3.14. The number of nitrogen functional groups attached to an aromatic ring is 1. The van der Waals surface area contributed by atoms with E-state index in [1.165, 1.54) is 13.0 Å². The lowest BCUT2D eigenvalue weighted by Crippen LogP contribution is -2.38. The summed E-state index contributed by atoms with van der Waals surface area (Å²) in [6.07, 6.45) is 0.667. The monoisotopic (exact) mass is 288 g/mol. The van der Waals surface area contributed by atoms with Gasteiger partial charge >= 0.3 is 0 Å². The second kappa shape index (κ2) is 5.88. The first-order valence-corrected chi connectivity index (χ1v) is 7.75. The highest BCUT2D eigenvalue weighted by atomic mass is 32.2. The van der Waals surface area contributed by atoms with Crippen LogP contribution in [0.4, 0.5) is 10.1 Å². The maximum absolute atomic E-state index is 13.6. The van der Waals surface area contributed by atoms with E-state index in [1.54, 1.807) is 0 Å². The second-order valence-corrected chi connectivity index (χ2v) is 6.71. The number of sulfonamides is 1. The minimum atomic E-state index is -3.75. The SMILES string of the molecule is CCC(NS(=O)(=O)c1cc(N)c(C)c(F)c1)C(C)C. The van der Waals surface area contributed by atoms with Gasteiger partial charge in [-0.05, 0) is 31.4 Å². The van der Waals surface area contributed by atoms with Crippen molar-refractivity contribution >= 4 is 15.7 Å². The van der Waals surface area contributed by atoms with Crippen LogP contribution in [0.15, 0.2) is 17.0 Å². The van der Waals surface area contributed by atoms with Crippen LogP contribution < -0.4 is 10.5 Å². The third-order valence-electron chi connectivity index (χ3n) is 3.22. The van der Waals surface area contributed by atoms with Crippen molar-refractivity contribution in [2.45, 2.75) is 45.1 Å². The zero-order valence-electron chi connectivity index (χ0n) is 11.7. The zero-order valence-corrected chi connectivity index (χ0v) is 12.5. The van der Waals surface area contributed by atoms with Crippen LogP contribution in [0.5, 0.6) is 0 Å². The largest absolute Gasteiger partial charge is 0.398 e. The number of hydrogen-bond acceptors (Lipinski definition) is 3. The second-order valence-electron chi connectivity index (χ2n) is 5.00. The first-order chi connectivity index (χ1) is 8.69. The standard InChI is InChI=1S/C13H21FN2O2S/c1-5-13(8(2)3)16-19(17,18)10-6-11(14)9(4)12(15)7-10/h6-8,13,16H,5,15H2,1-4H3. The van der Waals surface area contributed by atoms with E-state index >= 15 is 0 Å². The molecule has 4 nitrogen and oxygen atoms in total. The smallest absolute Gasteiger partial charge is 0.241 e. The van der Waals surface area contributed by atoms with Gasteiger partial charge in [-0.3, -0.25) is 0 Å². The Morgan fingerprint density at radius 1 is 1.37 bits per heavy atom. The van der Waals surface area contributed by atoms with Crippen LogP contribution in [-0.4, -0.2) is 14.5 Å². The molecule has 1 atom stereocenters. The first kappa shape index (κ1) is 15.9. The van der Waals surface area contributed by atoms with Crippen LogP contribution in [-0.2, 0) is 10.0 Å². The van der Waals surface area contributed by atoms with Crippen molar-refractivity contribution in [3.8, 4) is 0 Å². The molecule has 1 aromatic rings. The van der Waals surface area contributed by atoms with E-state index in [0.29, 0.717) is 6.42 Å². The van der Waals surface area contributed by atoms with Crippen LogP contribution in [0, 0.1) is 18.7 Å². The van der Waals surface area contributed by atoms with Crippen molar-refractivity contribution in [3.63, 3.8) is 0 Å². The van der Waals surface area contributed by atoms with E-state index in [4.69, 9.17) is 5.73 Å². The summed E-state index contributed by atoms with van der Waals surface area (Å²) in [4.78, 5) is -0.132. The quantitative estimate of drug-likeness (QED) is 0.817. The lowest BCUT2D eigenvalue weighted by Gasteiger charge is -2.21. The van der Waals surface area contributed by atoms with Crippen LogP contribution in [0.2, 0.25) is 0 Å². The molecule has 108 valence electrons. The summed E-state index contributed by atoms with van der Waals surface area (Å²) in [6.45, 7) is 7.27. The minimum Gasteiger partial charge on any atom is -0.398 e. The molecule has 0 amide bonds. The molecule has 0 aliphatic carbocycles. The normalized spacial score (nSPS) is 13.8. The van der Waals surface area contributed by atoms with Gasteiger partial charge in [-0.1, -0.05) is 20.8 Å². The van der Waals surface area contributed by atoms with Crippen molar-refractivity contribution in [1.82, 2.24) is 4.72 Å². The highest BCUT2D eigenvalue weighted by Crippen LogP contribution is 2.21. The van der Waals surface area contributed by atoms with Crippen LogP contribution in [0.25, 0.3) is 0 Å². The van der Waals surface area contributed by atoms with Crippen molar-refractivity contribution in [2.75, 3.05) is 5.73 Å². The number of anilines is 1. The molecule has 0 heterocycles. The minimum absolute atomic E-state index is 0.132. The molecule has 1 unspecified atom stereocenters. The summed E-state index contributed by atoms with van der Waals surface area (Å²) in [5.41, 5.74) is 6.01. The summed E-state index contributed by atoms with van der Waals surface area (Å²) in [5, 5.41) is 0.